The number of rotatable bonds is 5. The molecule has 1 fully saturated rings. The van der Waals surface area contributed by atoms with Gasteiger partial charge in [-0.2, -0.15) is 0 Å². The zero-order valence-corrected chi connectivity index (χ0v) is 13.8. The molecule has 0 aliphatic heterocycles. The first-order valence-corrected chi connectivity index (χ1v) is 7.68. The van der Waals surface area contributed by atoms with Crippen molar-refractivity contribution in [1.82, 2.24) is 0 Å². The van der Waals surface area contributed by atoms with Crippen molar-refractivity contribution in [3.63, 3.8) is 0 Å². The Morgan fingerprint density at radius 3 is 2.74 bits per heavy atom. The van der Waals surface area contributed by atoms with Crippen molar-refractivity contribution in [2.75, 3.05) is 12.4 Å². The Kier molecular flexibility index (Phi) is 4.86. The van der Waals surface area contributed by atoms with Crippen LogP contribution in [0.1, 0.15) is 19.3 Å². The molecule has 104 valence electrons. The number of ether oxygens (including phenoxy) is 1. The Balaban J connectivity index is 2.03. The fourth-order valence-electron chi connectivity index (χ4n) is 1.89. The van der Waals surface area contributed by atoms with Gasteiger partial charge in [0.2, 0.25) is 5.91 Å². The number of carbonyl (C=O) groups excluding carboxylic acids is 1. The van der Waals surface area contributed by atoms with Crippen molar-refractivity contribution in [2.45, 2.75) is 25.3 Å². The van der Waals surface area contributed by atoms with E-state index in [9.17, 15) is 4.79 Å². The molecule has 19 heavy (non-hydrogen) atoms. The third-order valence-electron chi connectivity index (χ3n) is 3.16. The summed E-state index contributed by atoms with van der Waals surface area (Å²) in [6.07, 6.45) is 2.64. The Morgan fingerprint density at radius 1 is 1.47 bits per heavy atom. The molecule has 2 rings (SSSR count). The van der Waals surface area contributed by atoms with Gasteiger partial charge in [-0.3, -0.25) is 4.79 Å². The zero-order chi connectivity index (χ0) is 14.0. The highest BCUT2D eigenvalue weighted by Crippen LogP contribution is 2.35. The Hall–Kier alpha value is -0.590. The number of hydrogen-bond donors (Lipinski definition) is 2. The Morgan fingerprint density at radius 2 is 2.16 bits per heavy atom. The SMILES string of the molecule is COc1cc(NC(=O)CC(N)C2CC2)c(Br)cc1Br. The standard InChI is InChI=1S/C13H16Br2N2O2/c1-19-12-6-11(8(14)4-9(12)15)17-13(18)5-10(16)7-2-3-7/h4,6-7,10H,2-3,5,16H2,1H3,(H,17,18). The summed E-state index contributed by atoms with van der Waals surface area (Å²) in [5.41, 5.74) is 6.64. The maximum Gasteiger partial charge on any atom is 0.225 e. The molecule has 1 amide bonds. The maximum absolute atomic E-state index is 11.9. The number of halogens is 2. The first-order chi connectivity index (χ1) is 9.01. The number of nitrogens with one attached hydrogen (secondary N) is 1. The molecular weight excluding hydrogens is 376 g/mol. The summed E-state index contributed by atoms with van der Waals surface area (Å²) in [7, 11) is 1.59. The molecule has 0 bridgehead atoms. The smallest absolute Gasteiger partial charge is 0.225 e. The summed E-state index contributed by atoms with van der Waals surface area (Å²) in [4.78, 5) is 11.9. The van der Waals surface area contributed by atoms with Gasteiger partial charge in [0.25, 0.3) is 0 Å². The van der Waals surface area contributed by atoms with Crippen LogP contribution in [0.15, 0.2) is 21.1 Å². The van der Waals surface area contributed by atoms with Crippen molar-refractivity contribution < 1.29 is 9.53 Å². The van der Waals surface area contributed by atoms with Gasteiger partial charge < -0.3 is 15.8 Å². The molecule has 1 atom stereocenters. The van der Waals surface area contributed by atoms with E-state index < -0.39 is 0 Å². The summed E-state index contributed by atoms with van der Waals surface area (Å²) in [5.74, 6) is 1.13. The average molecular weight is 392 g/mol. The van der Waals surface area contributed by atoms with Gasteiger partial charge >= 0.3 is 0 Å². The van der Waals surface area contributed by atoms with Crippen LogP contribution in [-0.4, -0.2) is 19.1 Å². The molecule has 1 aromatic carbocycles. The lowest BCUT2D eigenvalue weighted by Crippen LogP contribution is -2.28. The van der Waals surface area contributed by atoms with Crippen molar-refractivity contribution in [3.05, 3.63) is 21.1 Å². The van der Waals surface area contributed by atoms with E-state index >= 15 is 0 Å². The van der Waals surface area contributed by atoms with Crippen LogP contribution in [-0.2, 0) is 4.79 Å². The second-order valence-electron chi connectivity index (χ2n) is 4.72. The van der Waals surface area contributed by atoms with Crippen LogP contribution in [0.5, 0.6) is 5.75 Å². The molecule has 0 spiro atoms. The van der Waals surface area contributed by atoms with Gasteiger partial charge in [-0.25, -0.2) is 0 Å². The van der Waals surface area contributed by atoms with E-state index in [1.54, 1.807) is 13.2 Å². The first kappa shape index (κ1) is 14.8. The Bertz CT molecular complexity index is 490. The fraction of sp³-hybridized carbons (Fsp3) is 0.462. The quantitative estimate of drug-likeness (QED) is 0.809. The lowest BCUT2D eigenvalue weighted by molar-refractivity contribution is -0.116. The van der Waals surface area contributed by atoms with Crippen molar-refractivity contribution in [1.29, 1.82) is 0 Å². The number of nitrogens with two attached hydrogens (primary N) is 1. The lowest BCUT2D eigenvalue weighted by atomic mass is 10.1. The van der Waals surface area contributed by atoms with Gasteiger partial charge in [0, 0.05) is 23.0 Å². The summed E-state index contributed by atoms with van der Waals surface area (Å²) in [6.45, 7) is 0. The van der Waals surface area contributed by atoms with Crippen LogP contribution >= 0.6 is 31.9 Å². The molecule has 1 aromatic rings. The van der Waals surface area contributed by atoms with E-state index in [1.807, 2.05) is 6.07 Å². The summed E-state index contributed by atoms with van der Waals surface area (Å²) in [6, 6.07) is 3.58. The van der Waals surface area contributed by atoms with Crippen LogP contribution in [0.2, 0.25) is 0 Å². The van der Waals surface area contributed by atoms with Crippen molar-refractivity contribution in [3.8, 4) is 5.75 Å². The number of carbonyl (C=O) groups is 1. The summed E-state index contributed by atoms with van der Waals surface area (Å²) < 4.78 is 6.84. The van der Waals surface area contributed by atoms with Gasteiger partial charge in [0.05, 0.1) is 17.3 Å². The molecule has 4 nitrogen and oxygen atoms in total. The second kappa shape index (κ2) is 6.24. The van der Waals surface area contributed by atoms with E-state index in [1.165, 1.54) is 0 Å². The van der Waals surface area contributed by atoms with E-state index in [0.29, 0.717) is 23.8 Å². The molecule has 1 aliphatic carbocycles. The predicted molar refractivity (Wildman–Crippen MR) is 82.3 cm³/mol. The molecular formula is C13H16Br2N2O2. The van der Waals surface area contributed by atoms with Crippen molar-refractivity contribution >= 4 is 43.5 Å². The van der Waals surface area contributed by atoms with Crippen LogP contribution in [0.4, 0.5) is 5.69 Å². The van der Waals surface area contributed by atoms with Crippen LogP contribution < -0.4 is 15.8 Å². The number of benzene rings is 1. The topological polar surface area (TPSA) is 64.3 Å². The number of amides is 1. The lowest BCUT2D eigenvalue weighted by Gasteiger charge is -2.13. The van der Waals surface area contributed by atoms with Crippen LogP contribution in [0, 0.1) is 5.92 Å². The van der Waals surface area contributed by atoms with Gasteiger partial charge in [-0.15, -0.1) is 0 Å². The minimum absolute atomic E-state index is 0.0314. The first-order valence-electron chi connectivity index (χ1n) is 6.09. The molecule has 6 heteroatoms. The normalized spacial score (nSPS) is 16.0. The summed E-state index contributed by atoms with van der Waals surface area (Å²) in [5, 5.41) is 2.86. The van der Waals surface area contributed by atoms with E-state index in [0.717, 1.165) is 21.8 Å². The second-order valence-corrected chi connectivity index (χ2v) is 6.43. The number of hydrogen-bond acceptors (Lipinski definition) is 3. The molecule has 0 aromatic heterocycles. The van der Waals surface area contributed by atoms with E-state index in [-0.39, 0.29) is 11.9 Å². The third-order valence-corrected chi connectivity index (χ3v) is 4.44. The van der Waals surface area contributed by atoms with Gasteiger partial charge in [0.1, 0.15) is 5.75 Å². The Labute approximate surface area is 129 Å². The van der Waals surface area contributed by atoms with Gasteiger partial charge in [-0.1, -0.05) is 0 Å². The number of methoxy groups -OCH3 is 1. The fourth-order valence-corrected chi connectivity index (χ4v) is 3.14. The van der Waals surface area contributed by atoms with Crippen molar-refractivity contribution in [2.24, 2.45) is 11.7 Å². The zero-order valence-electron chi connectivity index (χ0n) is 10.6. The highest BCUT2D eigenvalue weighted by atomic mass is 79.9. The average Bonchev–Trinajstić information content (AvgIpc) is 3.16. The third kappa shape index (κ3) is 3.94. The van der Waals surface area contributed by atoms with Crippen LogP contribution in [0.25, 0.3) is 0 Å². The minimum Gasteiger partial charge on any atom is -0.495 e. The monoisotopic (exact) mass is 390 g/mol. The molecule has 0 saturated heterocycles. The molecule has 3 N–H and O–H groups in total. The van der Waals surface area contributed by atoms with E-state index in [2.05, 4.69) is 37.2 Å². The van der Waals surface area contributed by atoms with Crippen LogP contribution in [0.3, 0.4) is 0 Å². The molecule has 0 radical (unpaired) electrons. The minimum atomic E-state index is -0.0653. The largest absolute Gasteiger partial charge is 0.495 e. The molecule has 0 heterocycles. The predicted octanol–water partition coefficient (Wildman–Crippen LogP) is 3.29. The van der Waals surface area contributed by atoms with Gasteiger partial charge in [-0.05, 0) is 56.7 Å². The summed E-state index contributed by atoms with van der Waals surface area (Å²) >= 11 is 6.80. The van der Waals surface area contributed by atoms with Gasteiger partial charge in [0.15, 0.2) is 0 Å². The van der Waals surface area contributed by atoms with E-state index in [4.69, 9.17) is 10.5 Å². The maximum atomic E-state index is 11.9. The molecule has 1 unspecified atom stereocenters. The molecule has 1 aliphatic rings. The number of anilines is 1. The highest BCUT2D eigenvalue weighted by Gasteiger charge is 2.29. The molecule has 1 saturated carbocycles. The highest BCUT2D eigenvalue weighted by molar-refractivity contribution is 9.11.